The van der Waals surface area contributed by atoms with Crippen molar-refractivity contribution in [2.45, 2.75) is 45.8 Å². The number of ether oxygens (including phenoxy) is 1. The van der Waals surface area contributed by atoms with Gasteiger partial charge in [-0.05, 0) is 31.0 Å². The molecule has 6 nitrogen and oxygen atoms in total. The SMILES string of the molecule is CCCC1(N)Nc2cnc3cc(OCCCN)ccc3c2N1CC(C)C. The summed E-state index contributed by atoms with van der Waals surface area (Å²) in [5.74, 6) is 0.769. The Bertz CT molecular complexity index is 763. The largest absolute Gasteiger partial charge is 0.493 e. The van der Waals surface area contributed by atoms with Crippen molar-refractivity contribution in [3.05, 3.63) is 24.4 Å². The first-order valence-electron chi connectivity index (χ1n) is 9.59. The van der Waals surface area contributed by atoms with Crippen LogP contribution < -0.4 is 26.4 Å². The molecule has 3 rings (SSSR count). The average molecular weight is 358 g/mol. The van der Waals surface area contributed by atoms with Gasteiger partial charge in [0.2, 0.25) is 0 Å². The molecule has 1 aliphatic rings. The number of pyridine rings is 1. The van der Waals surface area contributed by atoms with Crippen LogP contribution in [0.2, 0.25) is 0 Å². The molecule has 1 aromatic heterocycles. The molecule has 1 atom stereocenters. The lowest BCUT2D eigenvalue weighted by molar-refractivity contribution is 0.314. The highest BCUT2D eigenvalue weighted by Crippen LogP contribution is 2.44. The standard InChI is InChI=1S/C20H31N5O/c1-4-8-20(22)24-18-12-23-17-11-15(26-10-5-9-21)6-7-16(17)19(18)25(20)13-14(2)3/h6-7,11-12,14,24H,4-5,8-10,13,21-22H2,1-3H3. The summed E-state index contributed by atoms with van der Waals surface area (Å²) in [7, 11) is 0. The van der Waals surface area contributed by atoms with E-state index in [4.69, 9.17) is 16.2 Å². The maximum atomic E-state index is 6.76. The minimum absolute atomic E-state index is 0.504. The lowest BCUT2D eigenvalue weighted by Crippen LogP contribution is -2.59. The van der Waals surface area contributed by atoms with E-state index in [0.717, 1.165) is 53.8 Å². The molecule has 0 saturated heterocycles. The average Bonchev–Trinajstić information content (AvgIpc) is 2.87. The van der Waals surface area contributed by atoms with Crippen LogP contribution in [-0.2, 0) is 0 Å². The van der Waals surface area contributed by atoms with Gasteiger partial charge in [-0.1, -0.05) is 27.2 Å². The highest BCUT2D eigenvalue weighted by Gasteiger charge is 2.40. The Kier molecular flexibility index (Phi) is 5.53. The van der Waals surface area contributed by atoms with E-state index in [1.165, 1.54) is 0 Å². The highest BCUT2D eigenvalue weighted by atomic mass is 16.5. The van der Waals surface area contributed by atoms with Crippen LogP contribution >= 0.6 is 0 Å². The molecule has 2 aromatic rings. The third-order valence-corrected chi connectivity index (χ3v) is 4.71. The molecule has 0 aliphatic carbocycles. The van der Waals surface area contributed by atoms with Gasteiger partial charge in [-0.3, -0.25) is 10.7 Å². The number of rotatable bonds is 8. The quantitative estimate of drug-likeness (QED) is 0.628. The van der Waals surface area contributed by atoms with E-state index in [2.05, 4.69) is 42.0 Å². The molecule has 5 N–H and O–H groups in total. The van der Waals surface area contributed by atoms with Crippen molar-refractivity contribution in [1.29, 1.82) is 0 Å². The first-order chi connectivity index (χ1) is 12.5. The number of hydrogen-bond acceptors (Lipinski definition) is 6. The fourth-order valence-electron chi connectivity index (χ4n) is 3.60. The van der Waals surface area contributed by atoms with E-state index in [1.54, 1.807) is 0 Å². The molecule has 26 heavy (non-hydrogen) atoms. The number of nitrogens with zero attached hydrogens (tertiary/aromatic N) is 2. The number of nitrogens with one attached hydrogen (secondary N) is 1. The fourth-order valence-corrected chi connectivity index (χ4v) is 3.60. The molecule has 6 heteroatoms. The minimum atomic E-state index is -0.562. The van der Waals surface area contributed by atoms with Gasteiger partial charge in [-0.25, -0.2) is 0 Å². The van der Waals surface area contributed by atoms with Crippen LogP contribution in [0.1, 0.15) is 40.0 Å². The maximum Gasteiger partial charge on any atom is 0.164 e. The Morgan fingerprint density at radius 3 is 2.85 bits per heavy atom. The second kappa shape index (κ2) is 7.68. The van der Waals surface area contributed by atoms with Crippen molar-refractivity contribution in [2.24, 2.45) is 17.4 Å². The van der Waals surface area contributed by atoms with Crippen LogP contribution in [0.4, 0.5) is 11.4 Å². The van der Waals surface area contributed by atoms with Crippen molar-refractivity contribution in [1.82, 2.24) is 4.98 Å². The normalized spacial score (nSPS) is 19.1. The minimum Gasteiger partial charge on any atom is -0.493 e. The number of fused-ring (bicyclic) bond motifs is 3. The zero-order chi connectivity index (χ0) is 18.7. The molecule has 0 radical (unpaired) electrons. The van der Waals surface area contributed by atoms with Gasteiger partial charge in [0, 0.05) is 24.4 Å². The second-order valence-electron chi connectivity index (χ2n) is 7.49. The third-order valence-electron chi connectivity index (χ3n) is 4.71. The van der Waals surface area contributed by atoms with E-state index in [1.807, 2.05) is 18.3 Å². The first-order valence-corrected chi connectivity index (χ1v) is 9.59. The molecule has 1 unspecified atom stereocenters. The molecule has 0 fully saturated rings. The predicted molar refractivity (Wildman–Crippen MR) is 109 cm³/mol. The summed E-state index contributed by atoms with van der Waals surface area (Å²) in [6.45, 7) is 8.74. The topological polar surface area (TPSA) is 89.4 Å². The molecule has 0 bridgehead atoms. The zero-order valence-corrected chi connectivity index (χ0v) is 16.1. The predicted octanol–water partition coefficient (Wildman–Crippen LogP) is 3.26. The Labute approximate surface area is 155 Å². The van der Waals surface area contributed by atoms with Gasteiger partial charge in [-0.15, -0.1) is 0 Å². The number of anilines is 2. The zero-order valence-electron chi connectivity index (χ0n) is 16.1. The van der Waals surface area contributed by atoms with Crippen LogP contribution in [0, 0.1) is 5.92 Å². The van der Waals surface area contributed by atoms with Crippen LogP contribution in [-0.4, -0.2) is 30.5 Å². The van der Waals surface area contributed by atoms with E-state index in [0.29, 0.717) is 19.1 Å². The summed E-state index contributed by atoms with van der Waals surface area (Å²) in [5, 5.41) is 4.61. The summed E-state index contributed by atoms with van der Waals surface area (Å²) >= 11 is 0. The summed E-state index contributed by atoms with van der Waals surface area (Å²) < 4.78 is 5.77. The van der Waals surface area contributed by atoms with Crippen molar-refractivity contribution in [3.8, 4) is 5.75 Å². The smallest absolute Gasteiger partial charge is 0.164 e. The Morgan fingerprint density at radius 2 is 2.15 bits per heavy atom. The Balaban J connectivity index is 2.00. The van der Waals surface area contributed by atoms with Gasteiger partial charge in [0.25, 0.3) is 0 Å². The second-order valence-corrected chi connectivity index (χ2v) is 7.49. The molecule has 2 heterocycles. The van der Waals surface area contributed by atoms with Crippen LogP contribution in [0.25, 0.3) is 10.9 Å². The lowest BCUT2D eigenvalue weighted by atomic mass is 10.1. The van der Waals surface area contributed by atoms with Crippen molar-refractivity contribution in [2.75, 3.05) is 29.9 Å². The summed E-state index contributed by atoms with van der Waals surface area (Å²) in [6, 6.07) is 6.09. The number of hydrogen-bond donors (Lipinski definition) is 3. The van der Waals surface area contributed by atoms with Crippen molar-refractivity contribution >= 4 is 22.3 Å². The van der Waals surface area contributed by atoms with E-state index in [9.17, 15) is 0 Å². The van der Waals surface area contributed by atoms with Gasteiger partial charge in [0.1, 0.15) is 5.75 Å². The number of nitrogens with two attached hydrogens (primary N) is 2. The van der Waals surface area contributed by atoms with Gasteiger partial charge in [0.05, 0.1) is 29.7 Å². The first kappa shape index (κ1) is 18.7. The summed E-state index contributed by atoms with van der Waals surface area (Å²) in [6.07, 6.45) is 4.61. The van der Waals surface area contributed by atoms with Crippen LogP contribution in [0.3, 0.4) is 0 Å². The summed E-state index contributed by atoms with van der Waals surface area (Å²) in [4.78, 5) is 6.95. The van der Waals surface area contributed by atoms with E-state index in [-0.39, 0.29) is 0 Å². The van der Waals surface area contributed by atoms with Crippen molar-refractivity contribution < 1.29 is 4.74 Å². The lowest BCUT2D eigenvalue weighted by Gasteiger charge is -2.38. The van der Waals surface area contributed by atoms with Gasteiger partial charge < -0.3 is 20.7 Å². The van der Waals surface area contributed by atoms with Crippen LogP contribution in [0.5, 0.6) is 5.75 Å². The third kappa shape index (κ3) is 3.57. The van der Waals surface area contributed by atoms with Crippen LogP contribution in [0.15, 0.2) is 24.4 Å². The molecule has 1 aliphatic heterocycles. The molecule has 0 spiro atoms. The molecule has 0 saturated carbocycles. The van der Waals surface area contributed by atoms with Gasteiger partial charge in [0.15, 0.2) is 5.79 Å². The van der Waals surface area contributed by atoms with E-state index >= 15 is 0 Å². The molecule has 0 amide bonds. The fraction of sp³-hybridized carbons (Fsp3) is 0.550. The van der Waals surface area contributed by atoms with Gasteiger partial charge in [-0.2, -0.15) is 0 Å². The summed E-state index contributed by atoms with van der Waals surface area (Å²) in [5.41, 5.74) is 15.4. The Hall–Kier alpha value is -2.05. The number of aromatic nitrogens is 1. The monoisotopic (exact) mass is 357 g/mol. The van der Waals surface area contributed by atoms with E-state index < -0.39 is 5.79 Å². The maximum absolute atomic E-state index is 6.76. The molecule has 142 valence electrons. The number of benzene rings is 1. The van der Waals surface area contributed by atoms with Crippen molar-refractivity contribution in [3.63, 3.8) is 0 Å². The molecular formula is C20H31N5O. The molecular weight excluding hydrogens is 326 g/mol. The Morgan fingerprint density at radius 1 is 1.35 bits per heavy atom. The highest BCUT2D eigenvalue weighted by molar-refractivity contribution is 6.01. The van der Waals surface area contributed by atoms with Gasteiger partial charge >= 0.3 is 0 Å². The molecule has 1 aromatic carbocycles.